The van der Waals surface area contributed by atoms with Gasteiger partial charge in [0.1, 0.15) is 23.3 Å². The summed E-state index contributed by atoms with van der Waals surface area (Å²) in [6, 6.07) is 3.71. The summed E-state index contributed by atoms with van der Waals surface area (Å²) in [6.45, 7) is 3.71. The number of carbonyl (C=O) groups is 2. The Hall–Kier alpha value is -2.22. The summed E-state index contributed by atoms with van der Waals surface area (Å²) in [5, 5.41) is 50.3. The number of phenols is 2. The molecule has 2 unspecified atom stereocenters. The molecule has 54 heavy (non-hydrogen) atoms. The van der Waals surface area contributed by atoms with Gasteiger partial charge in [0.2, 0.25) is 0 Å². The summed E-state index contributed by atoms with van der Waals surface area (Å²) in [7, 11) is 4.56. The van der Waals surface area contributed by atoms with E-state index in [1.807, 2.05) is 12.1 Å². The van der Waals surface area contributed by atoms with Gasteiger partial charge in [0.15, 0.2) is 46.8 Å². The molecule has 2 aromatic carbocycles. The Labute approximate surface area is 336 Å². The maximum atomic E-state index is 13.7. The monoisotopic (exact) mass is 868 g/mol. The van der Waals surface area contributed by atoms with Crippen molar-refractivity contribution in [1.82, 2.24) is 0 Å². The maximum absolute atomic E-state index is 13.7. The first-order chi connectivity index (χ1) is 24.8. The predicted molar refractivity (Wildman–Crippen MR) is 187 cm³/mol. The number of Topliss-reactive ketones (excluding diaryl/α,β-unsaturated/α-hetero) is 2. The minimum Gasteiger partial charge on any atom is -1.00 e. The van der Waals surface area contributed by atoms with Gasteiger partial charge in [0.05, 0.1) is 51.1 Å². The van der Waals surface area contributed by atoms with Gasteiger partial charge in [-0.2, -0.15) is 0 Å². The summed E-state index contributed by atoms with van der Waals surface area (Å²) in [5.74, 6) is 1.53. The first kappa shape index (κ1) is 36.1. The molecule has 2 aromatic rings. The highest BCUT2D eigenvalue weighted by Gasteiger charge is 2.78. The van der Waals surface area contributed by atoms with E-state index >= 15 is 0 Å². The van der Waals surface area contributed by atoms with Gasteiger partial charge in [-0.3, -0.25) is 9.59 Å². The number of hydrogen-bond donors (Lipinski definition) is 4. The second kappa shape index (κ2) is 10.8. The SMILES string of the molecule is C[N+]1(CC2CC2)CC[C@]23c4c5cc(-c6cc7c8c(c6O)O[C@H]6C(=O)CC[C@@]9(O)[C@@H](C7)[N+](C)(CC7CC7)CC[C@]869)c(O)c4O[C@H]2C(=O)CC[C@@]3(O)[C@H]1C5.[Br-].[Br-]. The summed E-state index contributed by atoms with van der Waals surface area (Å²) >= 11 is 0. The number of nitrogens with zero attached hydrogens (tertiary/aromatic N) is 2. The van der Waals surface area contributed by atoms with Crippen LogP contribution in [0, 0.1) is 11.8 Å². The van der Waals surface area contributed by atoms with Crippen LogP contribution in [0.15, 0.2) is 12.1 Å². The average Bonchev–Trinajstić information content (AvgIpc) is 4.03. The predicted octanol–water partition coefficient (Wildman–Crippen LogP) is -2.67. The minimum atomic E-state index is -1.13. The van der Waals surface area contributed by atoms with Crippen LogP contribution in [0.4, 0.5) is 0 Å². The highest BCUT2D eigenvalue weighted by molar-refractivity contribution is 5.94. The normalized spacial score (nSPS) is 43.9. The van der Waals surface area contributed by atoms with E-state index in [9.17, 15) is 30.0 Å². The standard InChI is InChI=1S/C42H48N2O8.2BrH/c1-43(19-21-3-4-21)13-11-39-31-23-15-25(33(47)35(31)51-37(39)27(45)7-9-41(39,49)29(43)17-23)26-16-24-18-30-42(50)10-8-28(46)38-40(42,32(24)36(52-38)34(26)48)12-14-44(30,2)20-22-5-6-22;;/h15-16,21-22,29-30,37-38,49-50H,3-14,17-20H2,1-2H3;2*1H/t29-,30-,37+,38+,39+,40+,41-,42-,43?,44?;;/m1../s1. The number of phenolic OH excluding ortho intramolecular Hbond substituents is 2. The number of ether oxygens (including phenoxy) is 2. The Bertz CT molecular complexity index is 1940. The van der Waals surface area contributed by atoms with E-state index in [4.69, 9.17) is 9.47 Å². The molecule has 290 valence electrons. The molecular weight excluding hydrogens is 820 g/mol. The lowest BCUT2D eigenvalue weighted by atomic mass is 9.48. The number of aliphatic hydroxyl groups is 2. The van der Waals surface area contributed by atoms with Crippen LogP contribution in [-0.2, 0) is 33.3 Å². The second-order valence-electron chi connectivity index (χ2n) is 19.6. The van der Waals surface area contributed by atoms with E-state index in [1.54, 1.807) is 0 Å². The number of aromatic hydroxyl groups is 2. The van der Waals surface area contributed by atoms with Gasteiger partial charge >= 0.3 is 0 Å². The molecule has 0 aromatic heterocycles. The molecule has 10 aliphatic rings. The van der Waals surface area contributed by atoms with Crippen molar-refractivity contribution in [2.75, 3.05) is 40.3 Å². The molecule has 0 amide bonds. The minimum absolute atomic E-state index is 0. The number of ketones is 2. The lowest BCUT2D eigenvalue weighted by Gasteiger charge is -2.64. The van der Waals surface area contributed by atoms with Crippen molar-refractivity contribution < 1.29 is 82.4 Å². The number of likely N-dealkylation sites (tertiary alicyclic amines) is 2. The first-order valence-corrected chi connectivity index (χ1v) is 20.1. The summed E-state index contributed by atoms with van der Waals surface area (Å²) in [6.07, 6.45) is 6.86. The van der Waals surface area contributed by atoms with E-state index in [0.717, 1.165) is 57.4 Å². The Kier molecular flexibility index (Phi) is 7.25. The van der Waals surface area contributed by atoms with E-state index in [1.165, 1.54) is 25.7 Å². The van der Waals surface area contributed by atoms with Gasteiger partial charge < -0.3 is 72.8 Å². The molecule has 2 saturated heterocycles. The third-order valence-electron chi connectivity index (χ3n) is 17.1. The second-order valence-corrected chi connectivity index (χ2v) is 19.6. The number of likely N-dealkylation sites (N-methyl/N-ethyl adjacent to an activating group) is 2. The Balaban J connectivity index is 0.00000180. The van der Waals surface area contributed by atoms with Gasteiger partial charge in [0, 0.05) is 72.6 Å². The first-order valence-electron chi connectivity index (χ1n) is 20.1. The molecule has 4 bridgehead atoms. The molecule has 2 spiro atoms. The number of hydrogen-bond acceptors (Lipinski definition) is 8. The molecule has 12 rings (SSSR count). The zero-order chi connectivity index (χ0) is 35.5. The van der Waals surface area contributed by atoms with Gasteiger partial charge in [-0.05, 0) is 61.8 Å². The summed E-state index contributed by atoms with van der Waals surface area (Å²) in [4.78, 5) is 27.4. The number of benzene rings is 2. The van der Waals surface area contributed by atoms with Crippen molar-refractivity contribution in [2.45, 2.75) is 123 Å². The number of piperidine rings is 2. The lowest BCUT2D eigenvalue weighted by molar-refractivity contribution is -0.950. The zero-order valence-electron chi connectivity index (χ0n) is 31.0. The molecule has 4 N–H and O–H groups in total. The number of quaternary nitrogens is 2. The van der Waals surface area contributed by atoms with Crippen LogP contribution in [0.5, 0.6) is 23.0 Å². The fourth-order valence-electron chi connectivity index (χ4n) is 14.4. The lowest BCUT2D eigenvalue weighted by Crippen LogP contribution is -3.00. The number of rotatable bonds is 5. The van der Waals surface area contributed by atoms with Crippen molar-refractivity contribution in [3.8, 4) is 34.1 Å². The third kappa shape index (κ3) is 3.92. The van der Waals surface area contributed by atoms with Gasteiger partial charge in [0.25, 0.3) is 0 Å². The van der Waals surface area contributed by atoms with Crippen molar-refractivity contribution in [3.05, 3.63) is 34.4 Å². The van der Waals surface area contributed by atoms with Crippen LogP contribution in [0.1, 0.15) is 86.5 Å². The topological polar surface area (TPSA) is 134 Å². The van der Waals surface area contributed by atoms with Crippen LogP contribution in [-0.4, -0.2) is 117 Å². The maximum Gasteiger partial charge on any atom is 0.174 e. The fraction of sp³-hybridized carbons (Fsp3) is 0.667. The highest BCUT2D eigenvalue weighted by Crippen LogP contribution is 2.70. The molecule has 6 fully saturated rings. The quantitative estimate of drug-likeness (QED) is 0.240. The molecule has 4 aliphatic heterocycles. The zero-order valence-corrected chi connectivity index (χ0v) is 34.2. The highest BCUT2D eigenvalue weighted by atomic mass is 79.9. The van der Waals surface area contributed by atoms with E-state index in [-0.39, 0.29) is 93.5 Å². The number of halogens is 2. The largest absolute Gasteiger partial charge is 1.00 e. The van der Waals surface area contributed by atoms with Crippen LogP contribution >= 0.6 is 0 Å². The molecule has 10 atom stereocenters. The molecule has 10 nitrogen and oxygen atoms in total. The van der Waals surface area contributed by atoms with E-state index in [2.05, 4.69) is 14.1 Å². The molecule has 12 heteroatoms. The van der Waals surface area contributed by atoms with Crippen LogP contribution in [0.3, 0.4) is 0 Å². The molecule has 4 heterocycles. The Morgan fingerprint density at radius 1 is 0.667 bits per heavy atom. The van der Waals surface area contributed by atoms with Gasteiger partial charge in [-0.15, -0.1) is 0 Å². The fourth-order valence-corrected chi connectivity index (χ4v) is 14.4. The van der Waals surface area contributed by atoms with Crippen LogP contribution < -0.4 is 43.4 Å². The van der Waals surface area contributed by atoms with Gasteiger partial charge in [-0.25, -0.2) is 0 Å². The van der Waals surface area contributed by atoms with Crippen molar-refractivity contribution in [3.63, 3.8) is 0 Å². The number of carbonyl (C=O) groups excluding carboxylic acids is 2. The Morgan fingerprint density at radius 3 is 1.43 bits per heavy atom. The molecule has 6 aliphatic carbocycles. The summed E-state index contributed by atoms with van der Waals surface area (Å²) < 4.78 is 14.7. The molecular formula is C42H50Br2N2O8. The molecule has 0 radical (unpaired) electrons. The van der Waals surface area contributed by atoms with Gasteiger partial charge in [-0.1, -0.05) is 0 Å². The Morgan fingerprint density at radius 2 is 1.06 bits per heavy atom. The van der Waals surface area contributed by atoms with Crippen molar-refractivity contribution >= 4 is 11.6 Å². The third-order valence-corrected chi connectivity index (χ3v) is 17.1. The summed E-state index contributed by atoms with van der Waals surface area (Å²) in [5.41, 5.74) is 0.233. The van der Waals surface area contributed by atoms with E-state index < -0.39 is 34.2 Å². The van der Waals surface area contributed by atoms with Crippen LogP contribution in [0.25, 0.3) is 11.1 Å². The van der Waals surface area contributed by atoms with Crippen LogP contribution in [0.2, 0.25) is 0 Å². The van der Waals surface area contributed by atoms with Crippen molar-refractivity contribution in [2.24, 2.45) is 11.8 Å². The average molecular weight is 871 g/mol. The molecule has 4 saturated carbocycles. The smallest absolute Gasteiger partial charge is 0.174 e. The van der Waals surface area contributed by atoms with E-state index in [0.29, 0.717) is 61.5 Å². The van der Waals surface area contributed by atoms with Crippen molar-refractivity contribution in [1.29, 1.82) is 0 Å².